The van der Waals surface area contributed by atoms with Crippen molar-refractivity contribution in [2.75, 3.05) is 18.5 Å². The van der Waals surface area contributed by atoms with E-state index in [1.807, 2.05) is 32.7 Å². The molecule has 4 nitrogen and oxygen atoms in total. The maximum atomic E-state index is 8.59. The lowest BCUT2D eigenvalue weighted by Gasteiger charge is -2.20. The van der Waals surface area contributed by atoms with Gasteiger partial charge in [0, 0.05) is 25.1 Å². The van der Waals surface area contributed by atoms with Gasteiger partial charge in [0.05, 0.1) is 12.5 Å². The number of hydrogen-bond donors (Lipinski definition) is 0. The van der Waals surface area contributed by atoms with E-state index in [9.17, 15) is 0 Å². The number of halogens is 1. The minimum atomic E-state index is 0.233. The van der Waals surface area contributed by atoms with Gasteiger partial charge in [0.15, 0.2) is 0 Å². The molecular weight excluding hydrogens is 236 g/mol. The minimum absolute atomic E-state index is 0.233. The molecule has 0 aromatic carbocycles. The van der Waals surface area contributed by atoms with Gasteiger partial charge in [-0.1, -0.05) is 25.4 Å². The largest absolute Gasteiger partial charge is 0.358 e. The molecule has 0 saturated carbocycles. The Balaban J connectivity index is 3.09. The molecule has 0 atom stereocenters. The van der Waals surface area contributed by atoms with E-state index >= 15 is 0 Å². The van der Waals surface area contributed by atoms with E-state index in [1.165, 1.54) is 0 Å². The Bertz CT molecular complexity index is 437. The van der Waals surface area contributed by atoms with Gasteiger partial charge >= 0.3 is 0 Å². The molecule has 1 heterocycles. The normalized spacial score (nSPS) is 10.4. The Morgan fingerprint density at radius 3 is 2.59 bits per heavy atom. The predicted molar refractivity (Wildman–Crippen MR) is 69.4 cm³/mol. The average Bonchev–Trinajstić information content (AvgIpc) is 2.29. The highest BCUT2D eigenvalue weighted by atomic mass is 35.5. The highest BCUT2D eigenvalue weighted by molar-refractivity contribution is 6.30. The maximum absolute atomic E-state index is 8.59. The van der Waals surface area contributed by atoms with Crippen molar-refractivity contribution in [1.29, 1.82) is 5.26 Å². The lowest BCUT2D eigenvalue weighted by Crippen LogP contribution is -2.21. The van der Waals surface area contributed by atoms with E-state index in [2.05, 4.69) is 16.0 Å². The fraction of sp³-hybridized carbons (Fsp3) is 0.583. The van der Waals surface area contributed by atoms with Crippen LogP contribution < -0.4 is 4.90 Å². The van der Waals surface area contributed by atoms with Gasteiger partial charge in [-0.2, -0.15) is 5.26 Å². The summed E-state index contributed by atoms with van der Waals surface area (Å²) in [5.41, 5.74) is 0.858. The Hall–Kier alpha value is -1.34. The summed E-state index contributed by atoms with van der Waals surface area (Å²) in [6, 6.07) is 2.12. The lowest BCUT2D eigenvalue weighted by molar-refractivity contribution is 0.758. The molecule has 0 bridgehead atoms. The van der Waals surface area contributed by atoms with Crippen molar-refractivity contribution in [3.63, 3.8) is 0 Å². The Kier molecular flexibility index (Phi) is 4.71. The van der Waals surface area contributed by atoms with Crippen LogP contribution in [-0.2, 0) is 0 Å². The first-order chi connectivity index (χ1) is 7.97. The van der Waals surface area contributed by atoms with Crippen LogP contribution in [0.25, 0.3) is 0 Å². The molecule has 0 N–H and O–H groups in total. The van der Waals surface area contributed by atoms with Crippen LogP contribution in [0.4, 0.5) is 5.82 Å². The third-order valence-corrected chi connectivity index (χ3v) is 2.88. The van der Waals surface area contributed by atoms with Gasteiger partial charge in [0.25, 0.3) is 0 Å². The molecule has 0 unspecified atom stereocenters. The molecule has 0 fully saturated rings. The van der Waals surface area contributed by atoms with Gasteiger partial charge in [-0.05, 0) is 6.92 Å². The second-order valence-electron chi connectivity index (χ2n) is 4.31. The van der Waals surface area contributed by atoms with Crippen LogP contribution in [0.15, 0.2) is 0 Å². The second kappa shape index (κ2) is 5.83. The topological polar surface area (TPSA) is 52.8 Å². The van der Waals surface area contributed by atoms with E-state index in [0.29, 0.717) is 18.1 Å². The van der Waals surface area contributed by atoms with Crippen molar-refractivity contribution in [2.45, 2.75) is 33.1 Å². The molecule has 0 aliphatic rings. The molecular formula is C12H17ClN4. The highest BCUT2D eigenvalue weighted by Gasteiger charge is 2.14. The van der Waals surface area contributed by atoms with E-state index in [4.69, 9.17) is 16.9 Å². The third-order valence-electron chi connectivity index (χ3n) is 2.51. The number of nitrogens with zero attached hydrogens (tertiary/aromatic N) is 4. The van der Waals surface area contributed by atoms with E-state index in [1.54, 1.807) is 0 Å². The van der Waals surface area contributed by atoms with E-state index in [-0.39, 0.29) is 5.92 Å². The number of nitriles is 1. The first-order valence-corrected chi connectivity index (χ1v) is 5.97. The van der Waals surface area contributed by atoms with Gasteiger partial charge in [-0.15, -0.1) is 0 Å². The van der Waals surface area contributed by atoms with Crippen molar-refractivity contribution in [3.05, 3.63) is 16.5 Å². The summed E-state index contributed by atoms with van der Waals surface area (Å²) in [5.74, 6) is 1.78. The minimum Gasteiger partial charge on any atom is -0.358 e. The number of rotatable bonds is 4. The molecule has 1 rings (SSSR count). The van der Waals surface area contributed by atoms with Crippen LogP contribution >= 0.6 is 11.6 Å². The summed E-state index contributed by atoms with van der Waals surface area (Å²) in [6.45, 7) is 6.59. The van der Waals surface area contributed by atoms with Crippen LogP contribution in [-0.4, -0.2) is 23.6 Å². The van der Waals surface area contributed by atoms with Crippen LogP contribution in [0.3, 0.4) is 0 Å². The summed E-state index contributed by atoms with van der Waals surface area (Å²) in [6.07, 6.45) is 0.467. The van der Waals surface area contributed by atoms with Gasteiger partial charge in [0.2, 0.25) is 0 Å². The summed E-state index contributed by atoms with van der Waals surface area (Å²) in [5, 5.41) is 9.08. The zero-order chi connectivity index (χ0) is 13.0. The quantitative estimate of drug-likeness (QED) is 0.774. The molecule has 0 saturated heterocycles. The van der Waals surface area contributed by atoms with Crippen molar-refractivity contribution < 1.29 is 0 Å². The molecule has 1 aromatic rings. The van der Waals surface area contributed by atoms with Crippen LogP contribution in [0.5, 0.6) is 0 Å². The molecule has 0 aliphatic carbocycles. The van der Waals surface area contributed by atoms with Crippen LogP contribution in [0, 0.1) is 18.3 Å². The average molecular weight is 253 g/mol. The molecule has 92 valence electrons. The number of anilines is 1. The first-order valence-electron chi connectivity index (χ1n) is 5.59. The summed E-state index contributed by atoms with van der Waals surface area (Å²) in [4.78, 5) is 10.7. The fourth-order valence-corrected chi connectivity index (χ4v) is 1.62. The Morgan fingerprint density at radius 1 is 1.41 bits per heavy atom. The van der Waals surface area contributed by atoms with Crippen LogP contribution in [0.1, 0.15) is 37.6 Å². The molecule has 0 radical (unpaired) electrons. The summed E-state index contributed by atoms with van der Waals surface area (Å²) in [7, 11) is 1.91. The van der Waals surface area contributed by atoms with Crippen LogP contribution in [0.2, 0.25) is 5.15 Å². The lowest BCUT2D eigenvalue weighted by atomic mass is 10.2. The molecule has 0 amide bonds. The van der Waals surface area contributed by atoms with Gasteiger partial charge in [-0.25, -0.2) is 9.97 Å². The fourth-order valence-electron chi connectivity index (χ4n) is 1.45. The first kappa shape index (κ1) is 13.7. The van der Waals surface area contributed by atoms with E-state index in [0.717, 1.165) is 17.2 Å². The second-order valence-corrected chi connectivity index (χ2v) is 4.66. The van der Waals surface area contributed by atoms with Gasteiger partial charge < -0.3 is 4.90 Å². The summed E-state index contributed by atoms with van der Waals surface area (Å²) < 4.78 is 0. The number of hydrogen-bond acceptors (Lipinski definition) is 4. The number of aromatic nitrogens is 2. The van der Waals surface area contributed by atoms with Crippen molar-refractivity contribution in [3.8, 4) is 6.07 Å². The Labute approximate surface area is 107 Å². The van der Waals surface area contributed by atoms with E-state index < -0.39 is 0 Å². The zero-order valence-corrected chi connectivity index (χ0v) is 11.4. The molecule has 1 aromatic heterocycles. The predicted octanol–water partition coefficient (Wildman–Crippen LogP) is 2.91. The SMILES string of the molecule is Cc1c(Cl)nc(C(C)C)nc1N(C)CCC#N. The molecule has 0 aliphatic heterocycles. The monoisotopic (exact) mass is 252 g/mol. The highest BCUT2D eigenvalue weighted by Crippen LogP contribution is 2.25. The smallest absolute Gasteiger partial charge is 0.137 e. The maximum Gasteiger partial charge on any atom is 0.137 e. The molecule has 5 heteroatoms. The van der Waals surface area contributed by atoms with Crippen molar-refractivity contribution >= 4 is 17.4 Å². The summed E-state index contributed by atoms with van der Waals surface area (Å²) >= 11 is 6.10. The molecule has 0 spiro atoms. The standard InChI is InChI=1S/C12H17ClN4/c1-8(2)11-15-10(13)9(3)12(16-11)17(4)7-5-6-14/h8H,5,7H2,1-4H3. The van der Waals surface area contributed by atoms with Gasteiger partial charge in [-0.3, -0.25) is 0 Å². The van der Waals surface area contributed by atoms with Crippen molar-refractivity contribution in [1.82, 2.24) is 9.97 Å². The third kappa shape index (κ3) is 3.31. The van der Waals surface area contributed by atoms with Crippen molar-refractivity contribution in [2.24, 2.45) is 0 Å². The molecule has 17 heavy (non-hydrogen) atoms. The Morgan fingerprint density at radius 2 is 2.06 bits per heavy atom. The van der Waals surface area contributed by atoms with Gasteiger partial charge in [0.1, 0.15) is 16.8 Å². The zero-order valence-electron chi connectivity index (χ0n) is 10.7.